The number of thiazole rings is 1. The molecule has 10 heteroatoms. The van der Waals surface area contributed by atoms with E-state index in [1.165, 1.54) is 23.5 Å². The molecule has 0 fully saturated rings. The molecular formula is C29H21F3N4O2S. The first kappa shape index (κ1) is 25.9. The molecule has 6 nitrogen and oxygen atoms in total. The highest BCUT2D eigenvalue weighted by molar-refractivity contribution is 7.22. The monoisotopic (exact) mass is 546 g/mol. The van der Waals surface area contributed by atoms with E-state index in [2.05, 4.69) is 20.9 Å². The van der Waals surface area contributed by atoms with Gasteiger partial charge in [-0.1, -0.05) is 41.7 Å². The molecule has 5 rings (SSSR count). The maximum atomic E-state index is 13.1. The number of amides is 2. The maximum absolute atomic E-state index is 13.1. The zero-order chi connectivity index (χ0) is 27.6. The fourth-order valence-corrected chi connectivity index (χ4v) is 4.76. The summed E-state index contributed by atoms with van der Waals surface area (Å²) in [6.45, 7) is 1.79. The maximum Gasteiger partial charge on any atom is 0.416 e. The molecule has 4 aromatic carbocycles. The molecule has 0 atom stereocenters. The van der Waals surface area contributed by atoms with Crippen molar-refractivity contribution in [2.45, 2.75) is 13.1 Å². The Labute approximate surface area is 225 Å². The number of fused-ring (bicyclic) bond motifs is 1. The van der Waals surface area contributed by atoms with Crippen LogP contribution >= 0.6 is 11.3 Å². The average molecular weight is 547 g/mol. The van der Waals surface area contributed by atoms with Crippen LogP contribution in [0.15, 0.2) is 91.0 Å². The second-order valence-electron chi connectivity index (χ2n) is 8.71. The van der Waals surface area contributed by atoms with Gasteiger partial charge in [0.15, 0.2) is 5.13 Å². The van der Waals surface area contributed by atoms with E-state index >= 15 is 0 Å². The fourth-order valence-electron chi connectivity index (χ4n) is 3.83. The third-order valence-electron chi connectivity index (χ3n) is 5.87. The summed E-state index contributed by atoms with van der Waals surface area (Å²) >= 11 is 1.42. The molecule has 1 heterocycles. The second-order valence-corrected chi connectivity index (χ2v) is 9.74. The lowest BCUT2D eigenvalue weighted by Gasteiger charge is -2.13. The molecule has 5 aromatic rings. The van der Waals surface area contributed by atoms with Crippen molar-refractivity contribution in [1.82, 2.24) is 4.98 Å². The van der Waals surface area contributed by atoms with Gasteiger partial charge in [-0.15, -0.1) is 0 Å². The van der Waals surface area contributed by atoms with Gasteiger partial charge >= 0.3 is 6.18 Å². The van der Waals surface area contributed by atoms with E-state index in [4.69, 9.17) is 0 Å². The minimum absolute atomic E-state index is 0.130. The summed E-state index contributed by atoms with van der Waals surface area (Å²) in [5.41, 5.74) is 2.58. The standard InChI is InChI=1S/C29H21F3N4O2S/c1-17-10-12-22(33-26(37)18-6-5-7-20(14-18)29(30,31)32)16-24(17)35-27(38)19-11-13-23-25(15-19)39-28(36-23)34-21-8-3-2-4-9-21/h2-16H,1H3,(H,33,37)(H,34,36)(H,35,38). The summed E-state index contributed by atoms with van der Waals surface area (Å²) in [6, 6.07) is 23.9. The number of aromatic nitrogens is 1. The third kappa shape index (κ3) is 6.07. The quantitative estimate of drug-likeness (QED) is 0.202. The van der Waals surface area contributed by atoms with Crippen molar-refractivity contribution >= 4 is 55.6 Å². The van der Waals surface area contributed by atoms with Crippen molar-refractivity contribution in [1.29, 1.82) is 0 Å². The number of rotatable bonds is 6. The van der Waals surface area contributed by atoms with Crippen molar-refractivity contribution < 1.29 is 22.8 Å². The topological polar surface area (TPSA) is 83.1 Å². The van der Waals surface area contributed by atoms with Crippen molar-refractivity contribution in [2.24, 2.45) is 0 Å². The van der Waals surface area contributed by atoms with Gasteiger partial charge in [0, 0.05) is 28.2 Å². The summed E-state index contributed by atoms with van der Waals surface area (Å²) in [7, 11) is 0. The van der Waals surface area contributed by atoms with Gasteiger partial charge < -0.3 is 16.0 Å². The van der Waals surface area contributed by atoms with Crippen molar-refractivity contribution in [2.75, 3.05) is 16.0 Å². The molecule has 196 valence electrons. The number of hydrogen-bond donors (Lipinski definition) is 3. The summed E-state index contributed by atoms with van der Waals surface area (Å²) in [5.74, 6) is -1.05. The van der Waals surface area contributed by atoms with E-state index in [0.29, 0.717) is 22.1 Å². The predicted molar refractivity (Wildman–Crippen MR) is 148 cm³/mol. The highest BCUT2D eigenvalue weighted by atomic mass is 32.1. The Kier molecular flexibility index (Phi) is 7.03. The molecule has 39 heavy (non-hydrogen) atoms. The molecule has 0 bridgehead atoms. The number of halogens is 3. The van der Waals surface area contributed by atoms with Crippen LogP contribution < -0.4 is 16.0 Å². The number of nitrogens with one attached hydrogen (secondary N) is 3. The van der Waals surface area contributed by atoms with Gasteiger partial charge in [0.05, 0.1) is 15.8 Å². The first-order valence-electron chi connectivity index (χ1n) is 11.8. The number of carbonyl (C=O) groups is 2. The Morgan fingerprint density at radius 3 is 2.28 bits per heavy atom. The number of benzene rings is 4. The van der Waals surface area contributed by atoms with Crippen LogP contribution in [0.3, 0.4) is 0 Å². The smallest absolute Gasteiger partial charge is 0.332 e. The number of anilines is 4. The summed E-state index contributed by atoms with van der Waals surface area (Å²) in [4.78, 5) is 30.2. The third-order valence-corrected chi connectivity index (χ3v) is 6.81. The Balaban J connectivity index is 1.30. The Hall–Kier alpha value is -4.70. The molecule has 0 spiro atoms. The number of carbonyl (C=O) groups excluding carboxylic acids is 2. The van der Waals surface area contributed by atoms with Crippen molar-refractivity contribution in [3.63, 3.8) is 0 Å². The molecule has 0 unspecified atom stereocenters. The largest absolute Gasteiger partial charge is 0.416 e. The molecule has 1 aromatic heterocycles. The lowest BCUT2D eigenvalue weighted by molar-refractivity contribution is -0.137. The van der Waals surface area contributed by atoms with Crippen LogP contribution in [0.2, 0.25) is 0 Å². The number of alkyl halides is 3. The Morgan fingerprint density at radius 2 is 1.51 bits per heavy atom. The predicted octanol–water partition coefficient (Wildman–Crippen LogP) is 7.87. The number of aryl methyl sites for hydroxylation is 1. The van der Waals surface area contributed by atoms with Crippen LogP contribution in [0.1, 0.15) is 31.8 Å². The molecule has 2 amide bonds. The highest BCUT2D eigenvalue weighted by Crippen LogP contribution is 2.31. The lowest BCUT2D eigenvalue weighted by atomic mass is 10.1. The molecule has 0 saturated heterocycles. The average Bonchev–Trinajstić information content (AvgIpc) is 3.32. The summed E-state index contributed by atoms with van der Waals surface area (Å²) in [6.07, 6.45) is -4.56. The Bertz CT molecular complexity index is 1680. The van der Waals surface area contributed by atoms with E-state index in [1.54, 1.807) is 43.3 Å². The zero-order valence-electron chi connectivity index (χ0n) is 20.5. The first-order chi connectivity index (χ1) is 18.7. The number of para-hydroxylation sites is 1. The lowest BCUT2D eigenvalue weighted by Crippen LogP contribution is -2.15. The van der Waals surface area contributed by atoms with Gasteiger partial charge in [-0.2, -0.15) is 13.2 Å². The molecule has 3 N–H and O–H groups in total. The highest BCUT2D eigenvalue weighted by Gasteiger charge is 2.30. The van der Waals surface area contributed by atoms with Crippen molar-refractivity contribution in [3.05, 3.63) is 113 Å². The van der Waals surface area contributed by atoms with E-state index in [9.17, 15) is 22.8 Å². The van der Waals surface area contributed by atoms with Crippen LogP contribution in [0, 0.1) is 6.92 Å². The van der Waals surface area contributed by atoms with Crippen LogP contribution in [-0.4, -0.2) is 16.8 Å². The fraction of sp³-hybridized carbons (Fsp3) is 0.0690. The van der Waals surface area contributed by atoms with Crippen LogP contribution in [0.5, 0.6) is 0 Å². The number of hydrogen-bond acceptors (Lipinski definition) is 5. The van der Waals surface area contributed by atoms with Crippen LogP contribution in [0.25, 0.3) is 10.2 Å². The molecule has 0 saturated carbocycles. The minimum Gasteiger partial charge on any atom is -0.332 e. The van der Waals surface area contributed by atoms with Crippen molar-refractivity contribution in [3.8, 4) is 0 Å². The normalized spacial score (nSPS) is 11.3. The number of nitrogens with zero attached hydrogens (tertiary/aromatic N) is 1. The van der Waals surface area contributed by atoms with Gasteiger partial charge in [-0.25, -0.2) is 4.98 Å². The molecule has 0 aliphatic heterocycles. The summed E-state index contributed by atoms with van der Waals surface area (Å²) < 4.78 is 39.9. The first-order valence-corrected chi connectivity index (χ1v) is 12.6. The zero-order valence-corrected chi connectivity index (χ0v) is 21.3. The van der Waals surface area contributed by atoms with E-state index < -0.39 is 17.6 Å². The van der Waals surface area contributed by atoms with Gasteiger partial charge in [-0.05, 0) is 73.2 Å². The Morgan fingerprint density at radius 1 is 0.769 bits per heavy atom. The molecule has 0 aliphatic carbocycles. The van der Waals surface area contributed by atoms with Crippen LogP contribution in [0.4, 0.5) is 35.4 Å². The van der Waals surface area contributed by atoms with Gasteiger partial charge in [-0.3, -0.25) is 9.59 Å². The summed E-state index contributed by atoms with van der Waals surface area (Å²) in [5, 5.41) is 9.40. The molecule has 0 radical (unpaired) electrons. The molecular weight excluding hydrogens is 525 g/mol. The van der Waals surface area contributed by atoms with Gasteiger partial charge in [0.2, 0.25) is 0 Å². The van der Waals surface area contributed by atoms with E-state index in [1.807, 2.05) is 30.3 Å². The van der Waals surface area contributed by atoms with Gasteiger partial charge in [0.1, 0.15) is 0 Å². The van der Waals surface area contributed by atoms with E-state index in [-0.39, 0.29) is 11.5 Å². The molecule has 0 aliphatic rings. The minimum atomic E-state index is -4.56. The SMILES string of the molecule is Cc1ccc(NC(=O)c2cccc(C(F)(F)F)c2)cc1NC(=O)c1ccc2nc(Nc3ccccc3)sc2c1. The van der Waals surface area contributed by atoms with Crippen LogP contribution in [-0.2, 0) is 6.18 Å². The second kappa shape index (κ2) is 10.6. The van der Waals surface area contributed by atoms with E-state index in [0.717, 1.165) is 33.6 Å². The van der Waals surface area contributed by atoms with Gasteiger partial charge in [0.25, 0.3) is 11.8 Å².